The van der Waals surface area contributed by atoms with Crippen LogP contribution in [0.1, 0.15) is 16.7 Å². The van der Waals surface area contributed by atoms with E-state index in [0.29, 0.717) is 0 Å². The fourth-order valence-corrected chi connectivity index (χ4v) is 4.31. The molecule has 4 aromatic rings. The summed E-state index contributed by atoms with van der Waals surface area (Å²) in [5.74, 6) is 0. The zero-order chi connectivity index (χ0) is 17.6. The summed E-state index contributed by atoms with van der Waals surface area (Å²) in [6.45, 7) is 6.54. The van der Waals surface area contributed by atoms with Gasteiger partial charge in [0.15, 0.2) is 11.7 Å². The topological polar surface area (TPSA) is 16.8 Å². The summed E-state index contributed by atoms with van der Waals surface area (Å²) in [5.41, 5.74) is 8.66. The molecule has 0 radical (unpaired) electrons. The van der Waals surface area contributed by atoms with Gasteiger partial charge >= 0.3 is 0 Å². The Kier molecular flexibility index (Phi) is 3.89. The van der Waals surface area contributed by atoms with Crippen molar-refractivity contribution in [3.63, 3.8) is 0 Å². The molecule has 4 rings (SSSR count). The van der Waals surface area contributed by atoms with E-state index < -0.39 is 0 Å². The summed E-state index contributed by atoms with van der Waals surface area (Å²) >= 11 is 1.76. The van der Waals surface area contributed by atoms with Crippen LogP contribution < -0.4 is 4.57 Å². The molecule has 0 saturated carbocycles. The lowest BCUT2D eigenvalue weighted by molar-refractivity contribution is -0.659. The second-order valence-corrected chi connectivity index (χ2v) is 7.66. The van der Waals surface area contributed by atoms with Gasteiger partial charge in [0.1, 0.15) is 12.1 Å². The van der Waals surface area contributed by atoms with Gasteiger partial charge in [-0.3, -0.25) is 0 Å². The third kappa shape index (κ3) is 2.75. The van der Waals surface area contributed by atoms with Crippen LogP contribution in [0.15, 0.2) is 54.7 Å². The highest BCUT2D eigenvalue weighted by atomic mass is 32.1. The summed E-state index contributed by atoms with van der Waals surface area (Å²) in [6.07, 6.45) is 2.14. The molecule has 0 aliphatic carbocycles. The largest absolute Gasteiger partial charge is 0.239 e. The van der Waals surface area contributed by atoms with E-state index in [4.69, 9.17) is 4.98 Å². The number of hydrogen-bond donors (Lipinski definition) is 0. The first kappa shape index (κ1) is 16.0. The third-order valence-corrected chi connectivity index (χ3v) is 5.84. The van der Waals surface area contributed by atoms with Crippen molar-refractivity contribution in [2.24, 2.45) is 7.05 Å². The number of aryl methyl sites for hydroxylation is 3. The van der Waals surface area contributed by atoms with E-state index in [9.17, 15) is 0 Å². The summed E-state index contributed by atoms with van der Waals surface area (Å²) in [4.78, 5) is 5.02. The molecule has 0 saturated heterocycles. The van der Waals surface area contributed by atoms with Gasteiger partial charge in [-0.1, -0.05) is 42.0 Å². The van der Waals surface area contributed by atoms with E-state index in [2.05, 4.69) is 81.0 Å². The van der Waals surface area contributed by atoms with Crippen LogP contribution >= 0.6 is 11.3 Å². The van der Waals surface area contributed by atoms with Crippen LogP contribution in [0.2, 0.25) is 0 Å². The van der Waals surface area contributed by atoms with E-state index in [0.717, 1.165) is 10.5 Å². The van der Waals surface area contributed by atoms with Crippen molar-refractivity contribution < 1.29 is 4.57 Å². The van der Waals surface area contributed by atoms with E-state index >= 15 is 0 Å². The Hall–Kier alpha value is -2.52. The van der Waals surface area contributed by atoms with E-state index in [1.54, 1.807) is 11.3 Å². The van der Waals surface area contributed by atoms with Gasteiger partial charge < -0.3 is 0 Å². The van der Waals surface area contributed by atoms with Gasteiger partial charge in [0.25, 0.3) is 0 Å². The lowest BCUT2D eigenvalue weighted by atomic mass is 9.97. The van der Waals surface area contributed by atoms with Gasteiger partial charge in [-0.15, -0.1) is 11.3 Å². The molecular weight excluding hydrogens is 324 g/mol. The number of thiazole rings is 1. The van der Waals surface area contributed by atoms with Crippen molar-refractivity contribution in [2.75, 3.05) is 0 Å². The molecule has 0 spiro atoms. The van der Waals surface area contributed by atoms with Crippen LogP contribution in [-0.2, 0) is 7.05 Å². The molecule has 2 heterocycles. The Morgan fingerprint density at radius 1 is 0.960 bits per heavy atom. The van der Waals surface area contributed by atoms with Crippen molar-refractivity contribution in [3.05, 3.63) is 71.4 Å². The van der Waals surface area contributed by atoms with Crippen molar-refractivity contribution in [3.8, 4) is 21.8 Å². The molecule has 0 fully saturated rings. The molecule has 0 bridgehead atoms. The number of nitrogens with zero attached hydrogens (tertiary/aromatic N) is 2. The van der Waals surface area contributed by atoms with Crippen LogP contribution in [0.25, 0.3) is 32.0 Å². The summed E-state index contributed by atoms with van der Waals surface area (Å²) in [6, 6.07) is 17.1. The van der Waals surface area contributed by atoms with Gasteiger partial charge in [-0.2, -0.15) is 4.57 Å². The molecule has 2 aromatic heterocycles. The highest BCUT2D eigenvalue weighted by Crippen LogP contribution is 2.35. The maximum absolute atomic E-state index is 5.02. The molecule has 0 N–H and O–H groups in total. The minimum Gasteiger partial charge on any atom is -0.229 e. The quantitative estimate of drug-likeness (QED) is 0.446. The summed E-state index contributed by atoms with van der Waals surface area (Å²) in [7, 11) is 2.10. The van der Waals surface area contributed by atoms with Crippen molar-refractivity contribution in [1.82, 2.24) is 4.98 Å². The normalized spacial score (nSPS) is 11.2. The number of pyridine rings is 1. The van der Waals surface area contributed by atoms with Gasteiger partial charge in [0.05, 0.1) is 10.3 Å². The third-order valence-electron chi connectivity index (χ3n) is 4.77. The first-order valence-electron chi connectivity index (χ1n) is 8.47. The monoisotopic (exact) mass is 345 g/mol. The first-order chi connectivity index (χ1) is 12.0. The molecule has 0 atom stereocenters. The average Bonchev–Trinajstić information content (AvgIpc) is 3.03. The highest BCUT2D eigenvalue weighted by Gasteiger charge is 2.21. The first-order valence-corrected chi connectivity index (χ1v) is 9.29. The molecule has 2 nitrogen and oxygen atoms in total. The average molecular weight is 345 g/mol. The molecule has 0 aliphatic rings. The molecule has 3 heteroatoms. The number of hydrogen-bond acceptors (Lipinski definition) is 2. The highest BCUT2D eigenvalue weighted by molar-refractivity contribution is 7.21. The van der Waals surface area contributed by atoms with Gasteiger partial charge in [0.2, 0.25) is 5.69 Å². The zero-order valence-electron chi connectivity index (χ0n) is 15.0. The molecule has 2 aromatic carbocycles. The van der Waals surface area contributed by atoms with E-state index in [1.807, 2.05) is 6.07 Å². The van der Waals surface area contributed by atoms with E-state index in [1.165, 1.54) is 38.2 Å². The molecule has 124 valence electrons. The van der Waals surface area contributed by atoms with Crippen molar-refractivity contribution in [2.45, 2.75) is 20.8 Å². The zero-order valence-corrected chi connectivity index (χ0v) is 15.8. The maximum Gasteiger partial charge on any atom is 0.239 e. The fraction of sp³-hybridized carbons (Fsp3) is 0.182. The minimum atomic E-state index is 1.07. The lowest BCUT2D eigenvalue weighted by Crippen LogP contribution is -2.30. The Bertz CT molecular complexity index is 1080. The second-order valence-electron chi connectivity index (χ2n) is 6.63. The van der Waals surface area contributed by atoms with Gasteiger partial charge in [-0.25, -0.2) is 4.98 Å². The van der Waals surface area contributed by atoms with Crippen LogP contribution in [-0.4, -0.2) is 4.98 Å². The van der Waals surface area contributed by atoms with Gasteiger partial charge in [-0.05, 0) is 38.0 Å². The molecule has 0 amide bonds. The number of rotatable bonds is 2. The molecule has 0 aliphatic heterocycles. The van der Waals surface area contributed by atoms with Crippen molar-refractivity contribution >= 4 is 21.6 Å². The van der Waals surface area contributed by atoms with Crippen LogP contribution in [0.4, 0.5) is 0 Å². The lowest BCUT2D eigenvalue weighted by Gasteiger charge is -2.09. The Labute approximate surface area is 152 Å². The fourth-order valence-electron chi connectivity index (χ4n) is 3.34. The number of fused-ring (bicyclic) bond motifs is 1. The van der Waals surface area contributed by atoms with Crippen LogP contribution in [0, 0.1) is 20.8 Å². The number of benzene rings is 2. The Morgan fingerprint density at radius 3 is 2.48 bits per heavy atom. The standard InChI is InChI=1S/C22H21N2S/c1-14-12-15(2)16(3)18(13-14)21-20-19(10-11-24(21)4)25-22(23-20)17-8-6-5-7-9-17/h5-13H,1-4H3/q+1. The smallest absolute Gasteiger partial charge is 0.229 e. The van der Waals surface area contributed by atoms with Crippen LogP contribution in [0.3, 0.4) is 0 Å². The minimum absolute atomic E-state index is 1.07. The Morgan fingerprint density at radius 2 is 1.72 bits per heavy atom. The maximum atomic E-state index is 5.02. The molecule has 25 heavy (non-hydrogen) atoms. The SMILES string of the molecule is Cc1cc(C)c(C)c(-c2c3nc(-c4ccccc4)sc3cc[n+]2C)c1. The summed E-state index contributed by atoms with van der Waals surface area (Å²) < 4.78 is 3.42. The second kappa shape index (κ2) is 6.08. The Balaban J connectivity index is 2.02. The predicted molar refractivity (Wildman–Crippen MR) is 106 cm³/mol. The summed E-state index contributed by atoms with van der Waals surface area (Å²) in [5, 5.41) is 1.07. The predicted octanol–water partition coefficient (Wildman–Crippen LogP) is 5.38. The molecular formula is C22H21N2S+. The van der Waals surface area contributed by atoms with Gasteiger partial charge in [0, 0.05) is 11.6 Å². The number of aromatic nitrogens is 2. The van der Waals surface area contributed by atoms with E-state index in [-0.39, 0.29) is 0 Å². The van der Waals surface area contributed by atoms with Crippen LogP contribution in [0.5, 0.6) is 0 Å². The van der Waals surface area contributed by atoms with Crippen molar-refractivity contribution in [1.29, 1.82) is 0 Å². The molecule has 0 unspecified atom stereocenters.